The molecule has 1 aromatic rings. The van der Waals surface area contributed by atoms with Gasteiger partial charge in [-0.05, 0) is 6.07 Å². The monoisotopic (exact) mass is 208 g/mol. The number of hydrogen-bond acceptors (Lipinski definition) is 2. The zero-order chi connectivity index (χ0) is 9.90. The van der Waals surface area contributed by atoms with Crippen molar-refractivity contribution in [2.75, 3.05) is 0 Å². The third kappa shape index (κ3) is 3.58. The summed E-state index contributed by atoms with van der Waals surface area (Å²) in [5.41, 5.74) is 3.99. The van der Waals surface area contributed by atoms with Crippen LogP contribution in [0.15, 0.2) is 11.4 Å². The van der Waals surface area contributed by atoms with Crippen LogP contribution >= 0.6 is 11.3 Å². The van der Waals surface area contributed by atoms with E-state index in [2.05, 4.69) is 31.1 Å². The predicted octanol–water partition coefficient (Wildman–Crippen LogP) is 2.79. The van der Waals surface area contributed by atoms with Gasteiger partial charge in [0.25, 0.3) is 0 Å². The van der Waals surface area contributed by atoms with Crippen LogP contribution in [0.1, 0.15) is 15.2 Å². The summed E-state index contributed by atoms with van der Waals surface area (Å²) in [5.74, 6) is 3.11. The molecule has 1 aromatic heterocycles. The van der Waals surface area contributed by atoms with Crippen LogP contribution in [0.3, 0.4) is 0 Å². The molecule has 0 spiro atoms. The molecule has 0 atom stereocenters. The quantitative estimate of drug-likeness (QED) is 0.394. The van der Waals surface area contributed by atoms with Crippen LogP contribution in [-0.2, 0) is 0 Å². The van der Waals surface area contributed by atoms with Crippen molar-refractivity contribution in [2.24, 2.45) is 0 Å². The first kappa shape index (κ1) is 10.2. The van der Waals surface area contributed by atoms with Gasteiger partial charge in [-0.25, -0.2) is 0 Å². The lowest BCUT2D eigenvalue weighted by atomic mass is 10.3. The van der Waals surface area contributed by atoms with Crippen molar-refractivity contribution in [3.8, 4) is 11.5 Å². The fourth-order valence-corrected chi connectivity index (χ4v) is 2.03. The standard InChI is InChI=1S/C10H12OSSi/c1-13(2,3)5-4-10-6-9(7-11)8-12-10/h6-8H,1-3H3. The minimum absolute atomic E-state index is 0.727. The molecule has 0 aliphatic rings. The average Bonchev–Trinajstić information content (AvgIpc) is 2.47. The second-order valence-electron chi connectivity index (χ2n) is 3.86. The lowest BCUT2D eigenvalue weighted by Gasteiger charge is -2.02. The Kier molecular flexibility index (Phi) is 3.07. The molecule has 1 nitrogen and oxygen atoms in total. The van der Waals surface area contributed by atoms with E-state index in [4.69, 9.17) is 0 Å². The average molecular weight is 208 g/mol. The number of rotatable bonds is 1. The molecular weight excluding hydrogens is 196 g/mol. The highest BCUT2D eigenvalue weighted by Gasteiger charge is 2.07. The van der Waals surface area contributed by atoms with Crippen molar-refractivity contribution in [2.45, 2.75) is 19.6 Å². The normalized spacial score (nSPS) is 10.4. The maximum Gasteiger partial charge on any atom is 0.150 e. The molecule has 0 N–H and O–H groups in total. The predicted molar refractivity (Wildman–Crippen MR) is 59.9 cm³/mol. The highest BCUT2D eigenvalue weighted by Crippen LogP contribution is 2.11. The van der Waals surface area contributed by atoms with E-state index in [1.807, 2.05) is 11.4 Å². The molecule has 13 heavy (non-hydrogen) atoms. The number of hydrogen-bond donors (Lipinski definition) is 0. The van der Waals surface area contributed by atoms with Gasteiger partial charge in [0.05, 0.1) is 4.88 Å². The van der Waals surface area contributed by atoms with Gasteiger partial charge in [0, 0.05) is 10.9 Å². The van der Waals surface area contributed by atoms with Gasteiger partial charge in [-0.2, -0.15) is 0 Å². The minimum Gasteiger partial charge on any atom is -0.298 e. The van der Waals surface area contributed by atoms with Gasteiger partial charge >= 0.3 is 0 Å². The Morgan fingerprint density at radius 2 is 2.15 bits per heavy atom. The first-order valence-corrected chi connectivity index (χ1v) is 8.46. The third-order valence-corrected chi connectivity index (χ3v) is 3.06. The summed E-state index contributed by atoms with van der Waals surface area (Å²) in [5, 5.41) is 1.83. The summed E-state index contributed by atoms with van der Waals surface area (Å²) in [6, 6.07) is 1.84. The third-order valence-electron chi connectivity index (χ3n) is 1.32. The molecule has 0 saturated carbocycles. The largest absolute Gasteiger partial charge is 0.298 e. The molecule has 0 bridgehead atoms. The van der Waals surface area contributed by atoms with Gasteiger partial charge in [-0.15, -0.1) is 16.9 Å². The summed E-state index contributed by atoms with van der Waals surface area (Å²) < 4.78 is 0. The minimum atomic E-state index is -1.28. The van der Waals surface area contributed by atoms with Crippen molar-refractivity contribution in [1.29, 1.82) is 0 Å². The molecule has 68 valence electrons. The summed E-state index contributed by atoms with van der Waals surface area (Å²) in [7, 11) is -1.28. The number of carbonyl (C=O) groups is 1. The van der Waals surface area contributed by atoms with E-state index in [1.54, 1.807) is 0 Å². The summed E-state index contributed by atoms with van der Waals surface area (Å²) in [4.78, 5) is 11.4. The van der Waals surface area contributed by atoms with Gasteiger partial charge in [0.1, 0.15) is 8.07 Å². The second-order valence-corrected chi connectivity index (χ2v) is 9.52. The fourth-order valence-electron chi connectivity index (χ4n) is 0.727. The molecule has 1 heterocycles. The Labute approximate surface area is 83.8 Å². The lowest BCUT2D eigenvalue weighted by molar-refractivity contribution is 0.112. The number of carbonyl (C=O) groups excluding carboxylic acids is 1. The van der Waals surface area contributed by atoms with Crippen molar-refractivity contribution in [1.82, 2.24) is 0 Å². The van der Waals surface area contributed by atoms with Crippen LogP contribution in [0.25, 0.3) is 0 Å². The van der Waals surface area contributed by atoms with Gasteiger partial charge in [-0.3, -0.25) is 4.79 Å². The molecule has 3 heteroatoms. The van der Waals surface area contributed by atoms with Crippen LogP contribution in [0.2, 0.25) is 19.6 Å². The Morgan fingerprint density at radius 1 is 1.46 bits per heavy atom. The summed E-state index contributed by atoms with van der Waals surface area (Å²) in [6.45, 7) is 6.61. The molecule has 0 amide bonds. The summed E-state index contributed by atoms with van der Waals surface area (Å²) in [6.07, 6.45) is 0.857. The first-order chi connectivity index (χ1) is 6.01. The maximum absolute atomic E-state index is 10.4. The Balaban J connectivity index is 2.84. The van der Waals surface area contributed by atoms with Gasteiger partial charge in [0.15, 0.2) is 6.29 Å². The molecular formula is C10H12OSSi. The molecule has 0 unspecified atom stereocenters. The SMILES string of the molecule is C[Si](C)(C)C#Cc1cc(C=O)cs1. The van der Waals surface area contributed by atoms with Gasteiger partial charge < -0.3 is 0 Å². The van der Waals surface area contributed by atoms with E-state index < -0.39 is 8.07 Å². The van der Waals surface area contributed by atoms with E-state index in [-0.39, 0.29) is 0 Å². The van der Waals surface area contributed by atoms with Crippen molar-refractivity contribution in [3.05, 3.63) is 21.9 Å². The van der Waals surface area contributed by atoms with Crippen molar-refractivity contribution < 1.29 is 4.79 Å². The fraction of sp³-hybridized carbons (Fsp3) is 0.300. The number of thiophene rings is 1. The first-order valence-electron chi connectivity index (χ1n) is 4.08. The van der Waals surface area contributed by atoms with E-state index in [1.165, 1.54) is 11.3 Å². The molecule has 0 fully saturated rings. The molecule has 0 saturated heterocycles. The van der Waals surface area contributed by atoms with Crippen LogP contribution < -0.4 is 0 Å². The number of aldehydes is 1. The maximum atomic E-state index is 10.4. The van der Waals surface area contributed by atoms with Crippen LogP contribution in [0, 0.1) is 11.5 Å². The molecule has 0 radical (unpaired) electrons. The Morgan fingerprint density at radius 3 is 2.62 bits per heavy atom. The smallest absolute Gasteiger partial charge is 0.150 e. The van der Waals surface area contributed by atoms with Crippen LogP contribution in [-0.4, -0.2) is 14.4 Å². The lowest BCUT2D eigenvalue weighted by Crippen LogP contribution is -2.16. The van der Waals surface area contributed by atoms with Gasteiger partial charge in [0.2, 0.25) is 0 Å². The molecule has 0 aliphatic heterocycles. The highest BCUT2D eigenvalue weighted by atomic mass is 32.1. The Hall–Kier alpha value is -0.853. The van der Waals surface area contributed by atoms with Crippen LogP contribution in [0.5, 0.6) is 0 Å². The summed E-state index contributed by atoms with van der Waals surface area (Å²) >= 11 is 1.53. The zero-order valence-electron chi connectivity index (χ0n) is 8.05. The highest BCUT2D eigenvalue weighted by molar-refractivity contribution is 7.10. The van der Waals surface area contributed by atoms with Crippen molar-refractivity contribution >= 4 is 25.7 Å². The van der Waals surface area contributed by atoms with E-state index in [9.17, 15) is 4.79 Å². The zero-order valence-corrected chi connectivity index (χ0v) is 9.87. The van der Waals surface area contributed by atoms with Gasteiger partial charge in [-0.1, -0.05) is 25.6 Å². The van der Waals surface area contributed by atoms with E-state index >= 15 is 0 Å². The Bertz CT molecular complexity index is 362. The molecule has 1 rings (SSSR count). The van der Waals surface area contributed by atoms with Crippen LogP contribution in [0.4, 0.5) is 0 Å². The second kappa shape index (κ2) is 3.90. The van der Waals surface area contributed by atoms with E-state index in [0.717, 1.165) is 16.7 Å². The topological polar surface area (TPSA) is 17.1 Å². The van der Waals surface area contributed by atoms with Crippen molar-refractivity contribution in [3.63, 3.8) is 0 Å². The molecule has 0 aromatic carbocycles. The van der Waals surface area contributed by atoms with E-state index in [0.29, 0.717) is 0 Å². The molecule has 0 aliphatic carbocycles.